The van der Waals surface area contributed by atoms with Crippen LogP contribution in [0.4, 0.5) is 13.2 Å². The molecule has 0 aliphatic rings. The second-order valence-electron chi connectivity index (χ2n) is 7.05. The first-order valence-electron chi connectivity index (χ1n) is 8.51. The van der Waals surface area contributed by atoms with Crippen LogP contribution in [0.3, 0.4) is 0 Å². The fraction of sp³-hybridized carbons (Fsp3) is 0.444. The van der Waals surface area contributed by atoms with Gasteiger partial charge in [0, 0.05) is 18.2 Å². The molecule has 0 saturated heterocycles. The van der Waals surface area contributed by atoms with Gasteiger partial charge in [-0.2, -0.15) is 9.78 Å². The van der Waals surface area contributed by atoms with Crippen molar-refractivity contribution in [2.24, 2.45) is 0 Å². The van der Waals surface area contributed by atoms with Crippen LogP contribution in [0.5, 0.6) is 5.75 Å². The summed E-state index contributed by atoms with van der Waals surface area (Å²) < 4.78 is 67.7. The normalized spacial score (nSPS) is 13.5. The Morgan fingerprint density at radius 1 is 1.21 bits per heavy atom. The Labute approximate surface area is 165 Å². The molecule has 29 heavy (non-hydrogen) atoms. The molecule has 1 aromatic carbocycles. The summed E-state index contributed by atoms with van der Waals surface area (Å²) in [6, 6.07) is 5.38. The second kappa shape index (κ2) is 8.54. The average Bonchev–Trinajstić information content (AvgIpc) is 2.60. The zero-order valence-corrected chi connectivity index (χ0v) is 16.8. The lowest BCUT2D eigenvalue weighted by molar-refractivity contribution is -0.00291. The molecule has 2 rings (SSSR count). The molecule has 0 radical (unpaired) electrons. The van der Waals surface area contributed by atoms with Crippen LogP contribution in [0.25, 0.3) is 11.1 Å². The van der Waals surface area contributed by atoms with E-state index in [1.807, 2.05) is 0 Å². The molecule has 0 aliphatic heterocycles. The molecule has 11 heteroatoms. The first-order chi connectivity index (χ1) is 13.3. The van der Waals surface area contributed by atoms with Gasteiger partial charge in [-0.1, -0.05) is 12.1 Å². The molecule has 1 atom stereocenters. The Balaban J connectivity index is 2.52. The molecule has 0 saturated carbocycles. The van der Waals surface area contributed by atoms with E-state index in [1.54, 1.807) is 0 Å². The van der Waals surface area contributed by atoms with Crippen molar-refractivity contribution in [3.63, 3.8) is 0 Å². The summed E-state index contributed by atoms with van der Waals surface area (Å²) in [6.07, 6.45) is -4.30. The molecule has 7 nitrogen and oxygen atoms in total. The van der Waals surface area contributed by atoms with E-state index < -0.39 is 39.5 Å². The van der Waals surface area contributed by atoms with Gasteiger partial charge in [0.2, 0.25) is 0 Å². The number of sulfone groups is 1. The Hall–Kier alpha value is -2.40. The lowest BCUT2D eigenvalue weighted by Crippen LogP contribution is -2.31. The molecule has 1 aromatic heterocycles. The summed E-state index contributed by atoms with van der Waals surface area (Å²) >= 11 is 0. The predicted octanol–water partition coefficient (Wildman–Crippen LogP) is 2.59. The van der Waals surface area contributed by atoms with Crippen molar-refractivity contribution in [1.29, 1.82) is 0 Å². The molecule has 0 fully saturated rings. The highest BCUT2D eigenvalue weighted by Crippen LogP contribution is 2.29. The van der Waals surface area contributed by atoms with Crippen molar-refractivity contribution in [3.05, 3.63) is 40.8 Å². The van der Waals surface area contributed by atoms with Gasteiger partial charge in [-0.05, 0) is 31.5 Å². The van der Waals surface area contributed by atoms with Gasteiger partial charge < -0.3 is 9.84 Å². The fourth-order valence-electron chi connectivity index (χ4n) is 2.36. The van der Waals surface area contributed by atoms with Gasteiger partial charge in [-0.15, -0.1) is 0 Å². The number of alkyl halides is 3. The molecule has 1 unspecified atom stereocenters. The Kier molecular flexibility index (Phi) is 6.74. The highest BCUT2D eigenvalue weighted by Gasteiger charge is 2.27. The molecular weight excluding hydrogens is 413 g/mol. The van der Waals surface area contributed by atoms with E-state index >= 15 is 0 Å². The SMILES string of the molecule is CC(C)(O)CCOc1c(-c2ccc(S(C)(=O)=O)cc2)cnn(C(F)C(F)F)c1=O. The lowest BCUT2D eigenvalue weighted by Gasteiger charge is -2.19. The predicted molar refractivity (Wildman–Crippen MR) is 99.6 cm³/mol. The quantitative estimate of drug-likeness (QED) is 0.686. The monoisotopic (exact) mass is 434 g/mol. The Bertz CT molecular complexity index is 1020. The number of hydrogen-bond donors (Lipinski definition) is 1. The van der Waals surface area contributed by atoms with Crippen LogP contribution in [-0.2, 0) is 9.84 Å². The van der Waals surface area contributed by atoms with Crippen molar-refractivity contribution in [2.45, 2.75) is 43.5 Å². The number of ether oxygens (including phenoxy) is 1. The van der Waals surface area contributed by atoms with Gasteiger partial charge in [0.05, 0.1) is 23.3 Å². The molecule has 2 aromatic rings. The van der Waals surface area contributed by atoms with Crippen molar-refractivity contribution in [1.82, 2.24) is 9.78 Å². The third-order valence-electron chi connectivity index (χ3n) is 3.95. The number of rotatable bonds is 8. The van der Waals surface area contributed by atoms with Crippen LogP contribution in [0.2, 0.25) is 0 Å². The molecule has 0 spiro atoms. The summed E-state index contributed by atoms with van der Waals surface area (Å²) in [5.74, 6) is -0.431. The third kappa shape index (κ3) is 5.80. The minimum Gasteiger partial charge on any atom is -0.487 e. The number of hydrogen-bond acceptors (Lipinski definition) is 6. The highest BCUT2D eigenvalue weighted by molar-refractivity contribution is 7.90. The fourth-order valence-corrected chi connectivity index (χ4v) is 2.99. The minimum atomic E-state index is -3.47. The molecule has 1 heterocycles. The van der Waals surface area contributed by atoms with Crippen molar-refractivity contribution in [2.75, 3.05) is 12.9 Å². The smallest absolute Gasteiger partial charge is 0.312 e. The summed E-state index contributed by atoms with van der Waals surface area (Å²) in [7, 11) is -3.45. The van der Waals surface area contributed by atoms with Crippen LogP contribution in [0, 0.1) is 0 Å². The van der Waals surface area contributed by atoms with Crippen molar-refractivity contribution >= 4 is 9.84 Å². The maximum Gasteiger partial charge on any atom is 0.312 e. The largest absolute Gasteiger partial charge is 0.487 e. The van der Waals surface area contributed by atoms with Crippen LogP contribution in [-0.4, -0.2) is 48.2 Å². The van der Waals surface area contributed by atoms with E-state index in [2.05, 4.69) is 5.10 Å². The van der Waals surface area contributed by atoms with Crippen LogP contribution in [0.15, 0.2) is 40.2 Å². The summed E-state index contributed by atoms with van der Waals surface area (Å²) in [6.45, 7) is 2.88. The summed E-state index contributed by atoms with van der Waals surface area (Å²) in [4.78, 5) is 12.6. The molecule has 0 aliphatic carbocycles. The maximum absolute atomic E-state index is 13.7. The summed E-state index contributed by atoms with van der Waals surface area (Å²) in [5.41, 5.74) is -1.93. The van der Waals surface area contributed by atoms with E-state index in [-0.39, 0.29) is 28.2 Å². The van der Waals surface area contributed by atoms with Crippen LogP contribution in [0.1, 0.15) is 26.6 Å². The number of nitrogens with zero attached hydrogens (tertiary/aromatic N) is 2. The van der Waals surface area contributed by atoms with Gasteiger partial charge in [-0.3, -0.25) is 4.79 Å². The van der Waals surface area contributed by atoms with Crippen LogP contribution < -0.4 is 10.3 Å². The molecular formula is C18H21F3N2O5S. The Morgan fingerprint density at radius 3 is 2.28 bits per heavy atom. The van der Waals surface area contributed by atoms with Crippen molar-refractivity contribution < 1.29 is 31.4 Å². The summed E-state index contributed by atoms with van der Waals surface area (Å²) in [5, 5.41) is 13.2. The molecule has 0 bridgehead atoms. The second-order valence-corrected chi connectivity index (χ2v) is 9.07. The lowest BCUT2D eigenvalue weighted by atomic mass is 10.1. The maximum atomic E-state index is 13.7. The van der Waals surface area contributed by atoms with Gasteiger partial charge in [-0.25, -0.2) is 21.6 Å². The van der Waals surface area contributed by atoms with E-state index in [0.717, 1.165) is 12.5 Å². The van der Waals surface area contributed by atoms with Crippen molar-refractivity contribution in [3.8, 4) is 16.9 Å². The van der Waals surface area contributed by atoms with E-state index in [0.29, 0.717) is 5.56 Å². The average molecular weight is 434 g/mol. The number of aromatic nitrogens is 2. The Morgan fingerprint density at radius 2 is 1.79 bits per heavy atom. The standard InChI is InChI=1S/C18H21F3N2O5S/c1-18(2,25)8-9-28-14-13(10-22-23(17(14)24)16(21)15(19)20)11-4-6-12(7-5-11)29(3,26)27/h4-7,10,15-16,25H,8-9H2,1-3H3. The minimum absolute atomic E-state index is 0.0154. The van der Waals surface area contributed by atoms with Gasteiger partial charge >= 0.3 is 5.56 Å². The first-order valence-corrected chi connectivity index (χ1v) is 10.4. The van der Waals surface area contributed by atoms with Gasteiger partial charge in [0.1, 0.15) is 0 Å². The zero-order valence-electron chi connectivity index (χ0n) is 16.0. The first kappa shape index (κ1) is 22.9. The van der Waals surface area contributed by atoms with Gasteiger partial charge in [0.15, 0.2) is 15.6 Å². The van der Waals surface area contributed by atoms with E-state index in [9.17, 15) is 31.5 Å². The molecule has 1 N–H and O–H groups in total. The number of halogens is 3. The third-order valence-corrected chi connectivity index (χ3v) is 5.08. The van der Waals surface area contributed by atoms with Crippen LogP contribution >= 0.6 is 0 Å². The van der Waals surface area contributed by atoms with E-state index in [1.165, 1.54) is 38.1 Å². The highest BCUT2D eigenvalue weighted by atomic mass is 32.2. The number of aliphatic hydroxyl groups is 1. The molecule has 160 valence electrons. The molecule has 0 amide bonds. The van der Waals surface area contributed by atoms with E-state index in [4.69, 9.17) is 4.74 Å². The zero-order chi connectivity index (χ0) is 22.0. The van der Waals surface area contributed by atoms with Gasteiger partial charge in [0.25, 0.3) is 12.7 Å². The topological polar surface area (TPSA) is 98.5 Å². The number of benzene rings is 1.